The van der Waals surface area contributed by atoms with Crippen molar-refractivity contribution < 1.29 is 0 Å². The quantitative estimate of drug-likeness (QED) is 0.923. The monoisotopic (exact) mass is 278 g/mol. The zero-order valence-electron chi connectivity index (χ0n) is 10.7. The zero-order valence-corrected chi connectivity index (χ0v) is 12.3. The van der Waals surface area contributed by atoms with E-state index in [0.29, 0.717) is 0 Å². The Morgan fingerprint density at radius 1 is 1.17 bits per heavy atom. The van der Waals surface area contributed by atoms with E-state index in [4.69, 9.17) is 4.98 Å². The topological polar surface area (TPSA) is 24.9 Å². The van der Waals surface area contributed by atoms with Gasteiger partial charge in [0.05, 0.1) is 5.69 Å². The number of fused-ring (bicyclic) bond motifs is 1. The van der Waals surface area contributed by atoms with Crippen LogP contribution >= 0.6 is 22.7 Å². The van der Waals surface area contributed by atoms with Crippen LogP contribution < -0.4 is 5.32 Å². The van der Waals surface area contributed by atoms with E-state index in [1.54, 1.807) is 0 Å². The average Bonchev–Trinajstić information content (AvgIpc) is 2.95. The molecule has 2 nitrogen and oxygen atoms in total. The number of thiazole rings is 1. The van der Waals surface area contributed by atoms with Gasteiger partial charge in [-0.1, -0.05) is 0 Å². The summed E-state index contributed by atoms with van der Waals surface area (Å²) in [4.78, 5) is 9.08. The second kappa shape index (κ2) is 5.51. The molecule has 2 aromatic heterocycles. The molecule has 2 aromatic rings. The fraction of sp³-hybridized carbons (Fsp3) is 0.500. The molecule has 0 unspecified atom stereocenters. The maximum atomic E-state index is 4.75. The Balaban J connectivity index is 1.55. The maximum absolute atomic E-state index is 4.75. The summed E-state index contributed by atoms with van der Waals surface area (Å²) in [7, 11) is 0. The van der Waals surface area contributed by atoms with Crippen molar-refractivity contribution in [1.29, 1.82) is 0 Å². The second-order valence-corrected chi connectivity index (χ2v) is 7.34. The molecule has 0 fully saturated rings. The minimum atomic E-state index is 0.911. The minimum Gasteiger partial charge on any atom is -0.306 e. The predicted octanol–water partition coefficient (Wildman–Crippen LogP) is 3.68. The molecular weight excluding hydrogens is 260 g/mol. The molecule has 0 saturated carbocycles. The molecule has 96 valence electrons. The van der Waals surface area contributed by atoms with Crippen LogP contribution in [0.5, 0.6) is 0 Å². The van der Waals surface area contributed by atoms with E-state index < -0.39 is 0 Å². The number of nitrogens with one attached hydrogen (secondary N) is 1. The van der Waals surface area contributed by atoms with Gasteiger partial charge in [0.25, 0.3) is 0 Å². The molecule has 18 heavy (non-hydrogen) atoms. The first-order chi connectivity index (χ1) is 8.81. The predicted molar refractivity (Wildman–Crippen MR) is 78.4 cm³/mol. The Morgan fingerprint density at radius 2 is 2.06 bits per heavy atom. The summed E-state index contributed by atoms with van der Waals surface area (Å²) in [5, 5.41) is 4.76. The van der Waals surface area contributed by atoms with Gasteiger partial charge in [-0.15, -0.1) is 22.7 Å². The normalized spacial score (nSPS) is 14.7. The van der Waals surface area contributed by atoms with E-state index in [-0.39, 0.29) is 0 Å². The van der Waals surface area contributed by atoms with Crippen molar-refractivity contribution in [3.8, 4) is 0 Å². The molecule has 2 heterocycles. The Labute approximate surface area is 116 Å². The lowest BCUT2D eigenvalue weighted by atomic mass is 10.0. The number of aromatic nitrogens is 1. The van der Waals surface area contributed by atoms with Crippen LogP contribution in [0, 0.1) is 6.92 Å². The van der Waals surface area contributed by atoms with Crippen molar-refractivity contribution in [2.45, 2.75) is 45.7 Å². The van der Waals surface area contributed by atoms with Crippen molar-refractivity contribution in [3.05, 3.63) is 37.5 Å². The molecule has 0 atom stereocenters. The molecule has 1 N–H and O–H groups in total. The Bertz CT molecular complexity index is 504. The van der Waals surface area contributed by atoms with Crippen LogP contribution in [0.2, 0.25) is 0 Å². The van der Waals surface area contributed by atoms with E-state index in [1.165, 1.54) is 51.0 Å². The first kappa shape index (κ1) is 12.3. The zero-order chi connectivity index (χ0) is 12.4. The first-order valence-corrected chi connectivity index (χ1v) is 8.18. The molecule has 0 aromatic carbocycles. The number of hydrogen-bond acceptors (Lipinski definition) is 4. The largest absolute Gasteiger partial charge is 0.306 e. The molecule has 0 spiro atoms. The molecule has 3 rings (SSSR count). The molecule has 4 heteroatoms. The van der Waals surface area contributed by atoms with Gasteiger partial charge >= 0.3 is 0 Å². The lowest BCUT2D eigenvalue weighted by Gasteiger charge is -2.06. The van der Waals surface area contributed by atoms with Crippen molar-refractivity contribution in [2.24, 2.45) is 0 Å². The third kappa shape index (κ3) is 2.82. The summed E-state index contributed by atoms with van der Waals surface area (Å²) in [5.41, 5.74) is 1.37. The maximum Gasteiger partial charge on any atom is 0.107 e. The molecule has 0 saturated heterocycles. The third-order valence-corrected chi connectivity index (χ3v) is 5.42. The summed E-state index contributed by atoms with van der Waals surface area (Å²) in [6, 6.07) is 4.39. The number of aryl methyl sites for hydroxylation is 3. The molecule has 1 aliphatic rings. The second-order valence-electron chi connectivity index (χ2n) is 4.80. The summed E-state index contributed by atoms with van der Waals surface area (Å²) in [6.45, 7) is 4.03. The van der Waals surface area contributed by atoms with Crippen LogP contribution in [0.4, 0.5) is 0 Å². The SMILES string of the molecule is Cc1ccc(CNCc2nc3c(s2)CCCC3)s1. The van der Waals surface area contributed by atoms with Gasteiger partial charge in [0, 0.05) is 27.7 Å². The summed E-state index contributed by atoms with van der Waals surface area (Å²) < 4.78 is 0. The van der Waals surface area contributed by atoms with Crippen molar-refractivity contribution in [1.82, 2.24) is 10.3 Å². The van der Waals surface area contributed by atoms with E-state index in [0.717, 1.165) is 13.1 Å². The Morgan fingerprint density at radius 3 is 2.83 bits per heavy atom. The van der Waals surface area contributed by atoms with Gasteiger partial charge in [0.15, 0.2) is 0 Å². The lowest BCUT2D eigenvalue weighted by molar-refractivity contribution is 0.669. The Hall–Kier alpha value is -0.710. The van der Waals surface area contributed by atoms with Gasteiger partial charge < -0.3 is 5.32 Å². The molecule has 0 aliphatic heterocycles. The van der Waals surface area contributed by atoms with E-state index in [9.17, 15) is 0 Å². The average molecular weight is 278 g/mol. The number of thiophene rings is 1. The minimum absolute atomic E-state index is 0.911. The van der Waals surface area contributed by atoms with E-state index in [1.807, 2.05) is 22.7 Å². The fourth-order valence-electron chi connectivity index (χ4n) is 2.35. The number of rotatable bonds is 4. The van der Waals surface area contributed by atoms with Crippen LogP contribution in [0.1, 0.15) is 38.2 Å². The van der Waals surface area contributed by atoms with Gasteiger partial charge in [0.1, 0.15) is 5.01 Å². The highest BCUT2D eigenvalue weighted by Crippen LogP contribution is 2.26. The molecule has 0 amide bonds. The van der Waals surface area contributed by atoms with Gasteiger partial charge in [-0.2, -0.15) is 0 Å². The van der Waals surface area contributed by atoms with E-state index in [2.05, 4.69) is 24.4 Å². The standard InChI is InChI=1S/C14H18N2S2/c1-10-6-7-11(17-10)8-15-9-14-16-12-4-2-3-5-13(12)18-14/h6-7,15H,2-5,8-9H2,1H3. The summed E-state index contributed by atoms with van der Waals surface area (Å²) in [5.74, 6) is 0. The summed E-state index contributed by atoms with van der Waals surface area (Å²) in [6.07, 6.45) is 5.10. The first-order valence-electron chi connectivity index (χ1n) is 6.55. The van der Waals surface area contributed by atoms with Crippen LogP contribution in [0.15, 0.2) is 12.1 Å². The molecule has 0 radical (unpaired) electrons. The molecular formula is C14H18N2S2. The Kier molecular flexibility index (Phi) is 3.77. The fourth-order valence-corrected chi connectivity index (χ4v) is 4.34. The van der Waals surface area contributed by atoms with Crippen LogP contribution in [0.3, 0.4) is 0 Å². The lowest BCUT2D eigenvalue weighted by Crippen LogP contribution is -2.11. The highest BCUT2D eigenvalue weighted by Gasteiger charge is 2.14. The number of nitrogens with zero attached hydrogens (tertiary/aromatic N) is 1. The van der Waals surface area contributed by atoms with Gasteiger partial charge in [-0.25, -0.2) is 4.98 Å². The van der Waals surface area contributed by atoms with Gasteiger partial charge in [0.2, 0.25) is 0 Å². The highest BCUT2D eigenvalue weighted by molar-refractivity contribution is 7.12. The summed E-state index contributed by atoms with van der Waals surface area (Å²) >= 11 is 3.78. The van der Waals surface area contributed by atoms with Gasteiger partial charge in [-0.3, -0.25) is 0 Å². The van der Waals surface area contributed by atoms with Crippen molar-refractivity contribution >= 4 is 22.7 Å². The number of hydrogen-bond donors (Lipinski definition) is 1. The molecule has 1 aliphatic carbocycles. The van der Waals surface area contributed by atoms with E-state index >= 15 is 0 Å². The van der Waals surface area contributed by atoms with Gasteiger partial charge in [-0.05, 0) is 44.7 Å². The van der Waals surface area contributed by atoms with Crippen LogP contribution in [-0.4, -0.2) is 4.98 Å². The van der Waals surface area contributed by atoms with Crippen molar-refractivity contribution in [3.63, 3.8) is 0 Å². The smallest absolute Gasteiger partial charge is 0.107 e. The van der Waals surface area contributed by atoms with Crippen LogP contribution in [-0.2, 0) is 25.9 Å². The van der Waals surface area contributed by atoms with Crippen molar-refractivity contribution in [2.75, 3.05) is 0 Å². The highest BCUT2D eigenvalue weighted by atomic mass is 32.1. The van der Waals surface area contributed by atoms with Crippen LogP contribution in [0.25, 0.3) is 0 Å². The third-order valence-electron chi connectivity index (χ3n) is 3.26. The molecule has 0 bridgehead atoms.